The van der Waals surface area contributed by atoms with Crippen LogP contribution in [0.1, 0.15) is 37.4 Å². The lowest BCUT2D eigenvalue weighted by atomic mass is 9.78. The minimum atomic E-state index is -0.327. The number of aromatic nitrogens is 1. The van der Waals surface area contributed by atoms with Crippen LogP contribution >= 0.6 is 11.8 Å². The quantitative estimate of drug-likeness (QED) is 0.911. The van der Waals surface area contributed by atoms with Gasteiger partial charge in [0.15, 0.2) is 0 Å². The van der Waals surface area contributed by atoms with Crippen molar-refractivity contribution in [1.82, 2.24) is 4.98 Å². The van der Waals surface area contributed by atoms with Crippen molar-refractivity contribution in [2.24, 2.45) is 11.7 Å². The average molecular weight is 296 g/mol. The van der Waals surface area contributed by atoms with Crippen molar-refractivity contribution in [1.29, 1.82) is 0 Å². The Bertz CT molecular complexity index is 459. The first-order chi connectivity index (χ1) is 9.70. The molecule has 0 radical (unpaired) electrons. The third kappa shape index (κ3) is 2.85. The van der Waals surface area contributed by atoms with Gasteiger partial charge in [-0.2, -0.15) is 11.8 Å². The van der Waals surface area contributed by atoms with Gasteiger partial charge in [0, 0.05) is 12.8 Å². The average Bonchev–Trinajstić information content (AvgIpc) is 2.48. The zero-order valence-corrected chi connectivity index (χ0v) is 12.4. The molecule has 20 heavy (non-hydrogen) atoms. The van der Waals surface area contributed by atoms with Gasteiger partial charge in [0.1, 0.15) is 5.82 Å². The van der Waals surface area contributed by atoms with Gasteiger partial charge in [-0.3, -0.25) is 4.98 Å². The summed E-state index contributed by atoms with van der Waals surface area (Å²) in [5, 5.41) is 0. The van der Waals surface area contributed by atoms with Crippen molar-refractivity contribution in [3.05, 3.63) is 29.8 Å². The summed E-state index contributed by atoms with van der Waals surface area (Å²) in [4.78, 5) is 4.14. The Morgan fingerprint density at radius 3 is 3.00 bits per heavy atom. The highest BCUT2D eigenvalue weighted by molar-refractivity contribution is 7.99. The molecule has 2 fully saturated rings. The number of rotatable bonds is 2. The van der Waals surface area contributed by atoms with Crippen molar-refractivity contribution < 1.29 is 9.13 Å². The molecule has 3 rings (SSSR count). The van der Waals surface area contributed by atoms with Gasteiger partial charge in [0.05, 0.1) is 17.3 Å². The summed E-state index contributed by atoms with van der Waals surface area (Å²) in [5.41, 5.74) is 6.68. The number of thioether (sulfide) groups is 1. The molecule has 1 spiro atoms. The molecule has 2 atom stereocenters. The predicted octanol–water partition coefficient (Wildman–Crippen LogP) is 2.91. The molecule has 0 amide bonds. The van der Waals surface area contributed by atoms with Crippen LogP contribution in [0.15, 0.2) is 18.3 Å². The lowest BCUT2D eigenvalue weighted by Crippen LogP contribution is -2.45. The molecule has 2 aliphatic heterocycles. The van der Waals surface area contributed by atoms with Crippen LogP contribution in [0.4, 0.5) is 4.39 Å². The van der Waals surface area contributed by atoms with Crippen LogP contribution in [0.5, 0.6) is 0 Å². The number of pyridine rings is 1. The molecule has 0 bridgehead atoms. The lowest BCUT2D eigenvalue weighted by Gasteiger charge is -2.44. The number of hydrogen-bond donors (Lipinski definition) is 1. The summed E-state index contributed by atoms with van der Waals surface area (Å²) < 4.78 is 19.9. The van der Waals surface area contributed by atoms with Crippen molar-refractivity contribution in [3.8, 4) is 0 Å². The summed E-state index contributed by atoms with van der Waals surface area (Å²) in [5.74, 6) is 2.27. The molecule has 1 aromatic heterocycles. The fourth-order valence-corrected chi connectivity index (χ4v) is 4.57. The fourth-order valence-electron chi connectivity index (χ4n) is 3.33. The zero-order valence-electron chi connectivity index (χ0n) is 11.6. The van der Waals surface area contributed by atoms with Gasteiger partial charge in [-0.1, -0.05) is 0 Å². The van der Waals surface area contributed by atoms with Crippen LogP contribution in [-0.2, 0) is 4.74 Å². The van der Waals surface area contributed by atoms with Crippen LogP contribution < -0.4 is 5.73 Å². The first-order valence-corrected chi connectivity index (χ1v) is 8.43. The lowest BCUT2D eigenvalue weighted by molar-refractivity contribution is -0.106. The van der Waals surface area contributed by atoms with Gasteiger partial charge >= 0.3 is 0 Å². The van der Waals surface area contributed by atoms with Crippen LogP contribution in [-0.4, -0.2) is 28.7 Å². The van der Waals surface area contributed by atoms with E-state index in [0.29, 0.717) is 5.69 Å². The zero-order chi connectivity index (χ0) is 14.0. The number of halogens is 1. The van der Waals surface area contributed by atoms with Gasteiger partial charge < -0.3 is 10.5 Å². The molecule has 2 N–H and O–H groups in total. The number of ether oxygens (including phenoxy) is 1. The van der Waals surface area contributed by atoms with Crippen LogP contribution in [0.3, 0.4) is 0 Å². The normalized spacial score (nSPS) is 27.4. The van der Waals surface area contributed by atoms with E-state index in [1.54, 1.807) is 12.3 Å². The number of nitrogens with two attached hydrogens (primary N) is 1. The van der Waals surface area contributed by atoms with Crippen molar-refractivity contribution in [2.75, 3.05) is 18.1 Å². The number of nitrogens with zero attached hydrogens (tertiary/aromatic N) is 1. The van der Waals surface area contributed by atoms with E-state index >= 15 is 0 Å². The minimum Gasteiger partial charge on any atom is -0.375 e. The molecule has 3 nitrogen and oxygen atoms in total. The van der Waals surface area contributed by atoms with Crippen molar-refractivity contribution >= 4 is 11.8 Å². The molecule has 110 valence electrons. The molecule has 2 saturated heterocycles. The Kier molecular flexibility index (Phi) is 4.29. The first kappa shape index (κ1) is 14.3. The maximum Gasteiger partial charge on any atom is 0.146 e. The highest BCUT2D eigenvalue weighted by Crippen LogP contribution is 2.42. The fraction of sp³-hybridized carbons (Fsp3) is 0.667. The summed E-state index contributed by atoms with van der Waals surface area (Å²) in [6.45, 7) is 0.734. The molecule has 0 aromatic carbocycles. The summed E-state index contributed by atoms with van der Waals surface area (Å²) >= 11 is 1.99. The van der Waals surface area contributed by atoms with Gasteiger partial charge in [-0.05, 0) is 55.2 Å². The summed E-state index contributed by atoms with van der Waals surface area (Å²) in [6.07, 6.45) is 5.62. The predicted molar refractivity (Wildman–Crippen MR) is 79.1 cm³/mol. The summed E-state index contributed by atoms with van der Waals surface area (Å²) in [7, 11) is 0. The highest BCUT2D eigenvalue weighted by atomic mass is 32.2. The highest BCUT2D eigenvalue weighted by Gasteiger charge is 2.41. The third-order valence-corrected chi connectivity index (χ3v) is 5.53. The maximum atomic E-state index is 13.9. The molecular weight excluding hydrogens is 275 g/mol. The van der Waals surface area contributed by atoms with Gasteiger partial charge in [0.25, 0.3) is 0 Å². The largest absolute Gasteiger partial charge is 0.375 e. The SMILES string of the molecule is NC(c1ncccc1F)C1CCOC2(CCSCC2)C1. The van der Waals surface area contributed by atoms with Crippen molar-refractivity contribution in [2.45, 2.75) is 37.3 Å². The summed E-state index contributed by atoms with van der Waals surface area (Å²) in [6, 6.07) is 2.72. The Morgan fingerprint density at radius 1 is 1.45 bits per heavy atom. The molecule has 2 unspecified atom stereocenters. The van der Waals surface area contributed by atoms with Gasteiger partial charge in [0.2, 0.25) is 0 Å². The van der Waals surface area contributed by atoms with Crippen molar-refractivity contribution in [3.63, 3.8) is 0 Å². The Morgan fingerprint density at radius 2 is 2.25 bits per heavy atom. The van der Waals surface area contributed by atoms with Crippen LogP contribution in [0.2, 0.25) is 0 Å². The third-order valence-electron chi connectivity index (χ3n) is 4.55. The van der Waals surface area contributed by atoms with E-state index in [4.69, 9.17) is 10.5 Å². The Hall–Kier alpha value is -0.650. The molecule has 0 aliphatic carbocycles. The molecule has 3 heterocycles. The van der Waals surface area contributed by atoms with E-state index < -0.39 is 0 Å². The number of hydrogen-bond acceptors (Lipinski definition) is 4. The van der Waals surface area contributed by atoms with Crippen LogP contribution in [0.25, 0.3) is 0 Å². The maximum absolute atomic E-state index is 13.9. The molecule has 0 saturated carbocycles. The second-order valence-electron chi connectivity index (χ2n) is 5.79. The van der Waals surface area contributed by atoms with Crippen LogP contribution in [0, 0.1) is 11.7 Å². The van der Waals surface area contributed by atoms with E-state index in [-0.39, 0.29) is 23.4 Å². The Labute approximate surface area is 123 Å². The van der Waals surface area contributed by atoms with E-state index in [1.807, 2.05) is 11.8 Å². The molecular formula is C15H21FN2OS. The topological polar surface area (TPSA) is 48.1 Å². The molecule has 5 heteroatoms. The second kappa shape index (κ2) is 6.00. The first-order valence-electron chi connectivity index (χ1n) is 7.28. The second-order valence-corrected chi connectivity index (χ2v) is 7.02. The Balaban J connectivity index is 1.75. The monoisotopic (exact) mass is 296 g/mol. The van der Waals surface area contributed by atoms with Gasteiger partial charge in [-0.15, -0.1) is 0 Å². The molecule has 2 aliphatic rings. The standard InChI is InChI=1S/C15H21FN2OS/c16-12-2-1-6-18-14(12)13(17)11-3-7-19-15(10-11)4-8-20-9-5-15/h1-2,6,11,13H,3-5,7-10,17H2. The minimum absolute atomic E-state index is 0.0168. The smallest absolute Gasteiger partial charge is 0.146 e. The van der Waals surface area contributed by atoms with E-state index in [2.05, 4.69) is 4.98 Å². The van der Waals surface area contributed by atoms with E-state index in [9.17, 15) is 4.39 Å². The van der Waals surface area contributed by atoms with E-state index in [0.717, 1.165) is 43.8 Å². The molecule has 1 aromatic rings. The van der Waals surface area contributed by atoms with Gasteiger partial charge in [-0.25, -0.2) is 4.39 Å². The van der Waals surface area contributed by atoms with E-state index in [1.165, 1.54) is 6.07 Å².